The SMILES string of the molecule is CCCCCCC(=O)OCCCCCCOC(=O)CC(CC(=O)OCCCCCCOC(=O)CCCCCC)(OC(O)CCCCNCCC)C(=O)OCCCCCCOC(=O)CCCCCC. The summed E-state index contributed by atoms with van der Waals surface area (Å²) in [4.78, 5) is 76.9. The standard InChI is InChI=1S/C53H97NO14/c1-5-9-12-21-32-46(55)62-38-26-15-17-29-41-65-50(59)44-53(68-49(58)35-24-25-37-54-36-8-4,52(61)67-43-31-20-19-28-40-64-48(57)34-23-14-11-7-3)45-51(60)66-42-30-18-16-27-39-63-47(56)33-22-13-10-6-2/h49,54,58H,5-45H2,1-4H3. The molecular weight excluding hydrogens is 875 g/mol. The van der Waals surface area contributed by atoms with Crippen molar-refractivity contribution in [1.82, 2.24) is 5.32 Å². The van der Waals surface area contributed by atoms with Gasteiger partial charge in [0.2, 0.25) is 0 Å². The van der Waals surface area contributed by atoms with Crippen molar-refractivity contribution in [3.63, 3.8) is 0 Å². The molecule has 0 saturated carbocycles. The Morgan fingerprint density at radius 2 is 0.721 bits per heavy atom. The number of carbonyl (C=O) groups is 6. The minimum absolute atomic E-state index is 0.0210. The molecular formula is C53H97NO14. The van der Waals surface area contributed by atoms with Crippen LogP contribution in [0.5, 0.6) is 0 Å². The third kappa shape index (κ3) is 40.6. The number of nitrogens with one attached hydrogen (secondary N) is 1. The number of ether oxygens (including phenoxy) is 7. The molecule has 68 heavy (non-hydrogen) atoms. The second-order valence-corrected chi connectivity index (χ2v) is 18.1. The molecule has 0 bridgehead atoms. The lowest BCUT2D eigenvalue weighted by atomic mass is 9.94. The average Bonchev–Trinajstić information content (AvgIpc) is 3.31. The summed E-state index contributed by atoms with van der Waals surface area (Å²) in [6, 6.07) is 0. The molecule has 0 aromatic rings. The van der Waals surface area contributed by atoms with Gasteiger partial charge in [-0.1, -0.05) is 85.5 Å². The number of carbonyl (C=O) groups excluding carboxylic acids is 6. The lowest BCUT2D eigenvalue weighted by Crippen LogP contribution is -2.49. The van der Waals surface area contributed by atoms with Crippen molar-refractivity contribution in [2.24, 2.45) is 0 Å². The van der Waals surface area contributed by atoms with Crippen LogP contribution in [0.15, 0.2) is 0 Å². The zero-order valence-corrected chi connectivity index (χ0v) is 43.3. The molecule has 1 atom stereocenters. The highest BCUT2D eigenvalue weighted by Gasteiger charge is 2.48. The van der Waals surface area contributed by atoms with Crippen LogP contribution in [-0.4, -0.2) is 106 Å². The van der Waals surface area contributed by atoms with Crippen molar-refractivity contribution >= 4 is 35.8 Å². The van der Waals surface area contributed by atoms with Crippen molar-refractivity contribution in [1.29, 1.82) is 0 Å². The van der Waals surface area contributed by atoms with Crippen LogP contribution in [0.4, 0.5) is 0 Å². The maximum absolute atomic E-state index is 14.1. The van der Waals surface area contributed by atoms with Crippen LogP contribution in [0, 0.1) is 0 Å². The zero-order chi connectivity index (χ0) is 50.2. The van der Waals surface area contributed by atoms with Crippen molar-refractivity contribution in [2.45, 2.75) is 251 Å². The molecule has 0 rings (SSSR count). The third-order valence-corrected chi connectivity index (χ3v) is 11.4. The van der Waals surface area contributed by atoms with E-state index in [-0.39, 0.29) is 44.1 Å². The first-order valence-electron chi connectivity index (χ1n) is 27.0. The van der Waals surface area contributed by atoms with Gasteiger partial charge in [0.25, 0.3) is 0 Å². The van der Waals surface area contributed by atoms with Gasteiger partial charge < -0.3 is 43.6 Å². The monoisotopic (exact) mass is 972 g/mol. The van der Waals surface area contributed by atoms with Crippen molar-refractivity contribution in [2.75, 3.05) is 52.7 Å². The van der Waals surface area contributed by atoms with Crippen LogP contribution < -0.4 is 5.32 Å². The molecule has 0 saturated heterocycles. The summed E-state index contributed by atoms with van der Waals surface area (Å²) in [6.07, 6.45) is 21.0. The van der Waals surface area contributed by atoms with Gasteiger partial charge in [-0.2, -0.15) is 0 Å². The van der Waals surface area contributed by atoms with Crippen molar-refractivity contribution < 1.29 is 67.0 Å². The molecule has 0 fully saturated rings. The maximum atomic E-state index is 14.1. The zero-order valence-electron chi connectivity index (χ0n) is 43.3. The largest absolute Gasteiger partial charge is 0.466 e. The van der Waals surface area contributed by atoms with E-state index < -0.39 is 42.6 Å². The van der Waals surface area contributed by atoms with Gasteiger partial charge in [-0.3, -0.25) is 24.0 Å². The van der Waals surface area contributed by atoms with Gasteiger partial charge in [-0.05, 0) is 135 Å². The topological polar surface area (TPSA) is 199 Å². The Hall–Kier alpha value is -3.30. The predicted octanol–water partition coefficient (Wildman–Crippen LogP) is 10.9. The second-order valence-electron chi connectivity index (χ2n) is 18.1. The second kappa shape index (κ2) is 47.4. The summed E-state index contributed by atoms with van der Waals surface area (Å²) in [7, 11) is 0. The lowest BCUT2D eigenvalue weighted by Gasteiger charge is -2.32. The van der Waals surface area contributed by atoms with E-state index in [1.165, 1.54) is 0 Å². The Labute approximate surface area is 411 Å². The molecule has 398 valence electrons. The van der Waals surface area contributed by atoms with E-state index >= 15 is 0 Å². The molecule has 2 N–H and O–H groups in total. The Bertz CT molecular complexity index is 1210. The quantitative estimate of drug-likeness (QED) is 0.0252. The molecule has 0 aromatic carbocycles. The average molecular weight is 972 g/mol. The van der Waals surface area contributed by atoms with Crippen LogP contribution in [0.1, 0.15) is 240 Å². The van der Waals surface area contributed by atoms with Gasteiger partial charge in [-0.25, -0.2) is 4.79 Å². The van der Waals surface area contributed by atoms with Crippen LogP contribution in [0.25, 0.3) is 0 Å². The molecule has 0 aromatic heterocycles. The first-order chi connectivity index (χ1) is 33.0. The van der Waals surface area contributed by atoms with Crippen LogP contribution in [-0.2, 0) is 61.9 Å². The molecule has 15 nitrogen and oxygen atoms in total. The Morgan fingerprint density at radius 3 is 1.07 bits per heavy atom. The fourth-order valence-corrected chi connectivity index (χ4v) is 7.30. The summed E-state index contributed by atoms with van der Waals surface area (Å²) < 4.78 is 38.8. The third-order valence-electron chi connectivity index (χ3n) is 11.4. The van der Waals surface area contributed by atoms with E-state index in [2.05, 4.69) is 33.0 Å². The van der Waals surface area contributed by atoms with E-state index in [4.69, 9.17) is 33.2 Å². The number of unbranched alkanes of at least 4 members (excludes halogenated alkanes) is 19. The highest BCUT2D eigenvalue weighted by molar-refractivity contribution is 5.90. The predicted molar refractivity (Wildman–Crippen MR) is 264 cm³/mol. The smallest absolute Gasteiger partial charge is 0.339 e. The van der Waals surface area contributed by atoms with Gasteiger partial charge in [0.15, 0.2) is 11.9 Å². The minimum atomic E-state index is -2.21. The molecule has 0 aliphatic rings. The highest BCUT2D eigenvalue weighted by Crippen LogP contribution is 2.28. The van der Waals surface area contributed by atoms with Crippen LogP contribution >= 0.6 is 0 Å². The first-order valence-corrected chi connectivity index (χ1v) is 27.0. The summed E-state index contributed by atoms with van der Waals surface area (Å²) in [5.74, 6) is -3.09. The summed E-state index contributed by atoms with van der Waals surface area (Å²) in [5, 5.41) is 14.5. The number of rotatable bonds is 50. The molecule has 0 aliphatic carbocycles. The van der Waals surface area contributed by atoms with E-state index in [9.17, 15) is 33.9 Å². The van der Waals surface area contributed by atoms with Gasteiger partial charge in [0.05, 0.1) is 52.5 Å². The highest BCUT2D eigenvalue weighted by atomic mass is 16.6. The van der Waals surface area contributed by atoms with Gasteiger partial charge >= 0.3 is 35.8 Å². The lowest BCUT2D eigenvalue weighted by molar-refractivity contribution is -0.221. The van der Waals surface area contributed by atoms with Gasteiger partial charge in [0.1, 0.15) is 0 Å². The fraction of sp³-hybridized carbons (Fsp3) is 0.887. The number of hydrogen-bond acceptors (Lipinski definition) is 15. The molecule has 0 radical (unpaired) electrons. The molecule has 15 heteroatoms. The molecule has 0 aliphatic heterocycles. The van der Waals surface area contributed by atoms with Gasteiger partial charge in [-0.15, -0.1) is 0 Å². The normalized spacial score (nSPS) is 11.8. The van der Waals surface area contributed by atoms with Crippen molar-refractivity contribution in [3.05, 3.63) is 0 Å². The van der Waals surface area contributed by atoms with E-state index in [1.54, 1.807) is 0 Å². The number of esters is 6. The molecule has 1 unspecified atom stereocenters. The van der Waals surface area contributed by atoms with Gasteiger partial charge in [0, 0.05) is 19.3 Å². The van der Waals surface area contributed by atoms with E-state index in [1.807, 2.05) is 0 Å². The summed E-state index contributed by atoms with van der Waals surface area (Å²) >= 11 is 0. The molecule has 0 amide bonds. The number of hydrogen-bond donors (Lipinski definition) is 2. The minimum Gasteiger partial charge on any atom is -0.466 e. The number of aliphatic hydroxyl groups excluding tert-OH is 1. The number of aliphatic hydroxyl groups is 1. The first kappa shape index (κ1) is 64.7. The maximum Gasteiger partial charge on any atom is 0.339 e. The van der Waals surface area contributed by atoms with Crippen LogP contribution in [0.2, 0.25) is 0 Å². The Morgan fingerprint density at radius 1 is 0.382 bits per heavy atom. The Kier molecular flexibility index (Phi) is 45.1. The molecule has 0 spiro atoms. The summed E-state index contributed by atoms with van der Waals surface area (Å²) in [5.41, 5.74) is -2.21. The molecule has 0 heterocycles. The van der Waals surface area contributed by atoms with Crippen molar-refractivity contribution in [3.8, 4) is 0 Å². The fourth-order valence-electron chi connectivity index (χ4n) is 7.30. The summed E-state index contributed by atoms with van der Waals surface area (Å²) in [6.45, 7) is 11.2. The Balaban J connectivity index is 5.52. The van der Waals surface area contributed by atoms with Crippen LogP contribution in [0.3, 0.4) is 0 Å². The van der Waals surface area contributed by atoms with E-state index in [0.29, 0.717) is 90.4 Å². The van der Waals surface area contributed by atoms with E-state index in [0.717, 1.165) is 135 Å².